The minimum Gasteiger partial charge on any atom is -0.477 e. The third kappa shape index (κ3) is 4.94. The molecule has 7 nitrogen and oxygen atoms in total. The van der Waals surface area contributed by atoms with Crippen LogP contribution in [-0.2, 0) is 17.6 Å². The minimum absolute atomic E-state index is 0.0221. The van der Waals surface area contributed by atoms with Crippen LogP contribution in [0.25, 0.3) is 5.57 Å². The van der Waals surface area contributed by atoms with Crippen LogP contribution in [0.1, 0.15) is 75.3 Å². The Labute approximate surface area is 277 Å². The number of amides is 1. The predicted molar refractivity (Wildman–Crippen MR) is 183 cm³/mol. The molecule has 1 aromatic heterocycles. The first-order valence-electron chi connectivity index (χ1n) is 16.2. The van der Waals surface area contributed by atoms with Gasteiger partial charge in [-0.2, -0.15) is 0 Å². The molecule has 1 unspecified atom stereocenters. The molecule has 5 atom stereocenters. The average Bonchev–Trinajstić information content (AvgIpc) is 3.68. The second kappa shape index (κ2) is 11.7. The lowest BCUT2D eigenvalue weighted by Crippen LogP contribution is -2.51. The third-order valence-electron chi connectivity index (χ3n) is 10.9. The highest BCUT2D eigenvalue weighted by Gasteiger charge is 2.49. The number of hydrogen-bond acceptors (Lipinski definition) is 4. The number of carboxylic acids is 1. The van der Waals surface area contributed by atoms with E-state index < -0.39 is 5.97 Å². The first-order valence-corrected chi connectivity index (χ1v) is 17.0. The van der Waals surface area contributed by atoms with Crippen molar-refractivity contribution >= 4 is 39.1 Å². The van der Waals surface area contributed by atoms with Crippen molar-refractivity contribution in [3.8, 4) is 0 Å². The Kier molecular flexibility index (Phi) is 7.47. The molecule has 0 aliphatic carbocycles. The fourth-order valence-corrected chi connectivity index (χ4v) is 9.20. The summed E-state index contributed by atoms with van der Waals surface area (Å²) in [5, 5.41) is 16.9. The van der Waals surface area contributed by atoms with Gasteiger partial charge in [0.25, 0.3) is 5.91 Å². The number of H-pyrrole nitrogens is 1. The molecule has 3 aromatic carbocycles. The number of carbonyl (C=O) groups is 2. The summed E-state index contributed by atoms with van der Waals surface area (Å²) in [5.74, 6) is -0.869. The van der Waals surface area contributed by atoms with Crippen molar-refractivity contribution in [2.24, 2.45) is 11.8 Å². The number of hydrogen-bond donors (Lipinski definition) is 4. The van der Waals surface area contributed by atoms with Gasteiger partial charge in [0.2, 0.25) is 0 Å². The molecule has 0 saturated carbocycles. The molecule has 0 spiro atoms. The number of aromatic nitrogens is 1. The topological polar surface area (TPSA) is 97.5 Å². The predicted octanol–water partition coefficient (Wildman–Crippen LogP) is 7.11. The molecule has 8 heteroatoms. The zero-order valence-corrected chi connectivity index (χ0v) is 27.3. The van der Waals surface area contributed by atoms with Crippen LogP contribution in [0.4, 0.5) is 5.69 Å². The Morgan fingerprint density at radius 3 is 2.52 bits per heavy atom. The van der Waals surface area contributed by atoms with Gasteiger partial charge < -0.3 is 20.7 Å². The molecule has 1 amide bonds. The number of piperidine rings is 1. The number of halogens is 1. The van der Waals surface area contributed by atoms with E-state index in [0.717, 1.165) is 71.5 Å². The SMILES string of the molecule is CC(=C1C(=O)Nc2ccc(Br)cc21)[C@H]1CN2CCc3ccccc3[C@@H]2C(c2ccc(C(=O)O)[nH]2)[C@@H]1C[C@H]1NCCc2ccccc21. The molecule has 4 aromatic rings. The summed E-state index contributed by atoms with van der Waals surface area (Å²) in [5.41, 5.74) is 10.2. The summed E-state index contributed by atoms with van der Waals surface area (Å²) in [6, 6.07) is 27.4. The second-order valence-corrected chi connectivity index (χ2v) is 14.1. The number of fused-ring (bicyclic) bond motifs is 5. The molecule has 4 aliphatic rings. The van der Waals surface area contributed by atoms with E-state index in [0.29, 0.717) is 0 Å². The maximum Gasteiger partial charge on any atom is 0.352 e. The number of carboxylic acid groups (broad SMARTS) is 1. The first kappa shape index (κ1) is 29.4. The van der Waals surface area contributed by atoms with Crippen molar-refractivity contribution < 1.29 is 14.7 Å². The highest BCUT2D eigenvalue weighted by Crippen LogP contribution is 2.55. The molecule has 0 bridgehead atoms. The Morgan fingerprint density at radius 2 is 1.74 bits per heavy atom. The number of aromatic amines is 1. The number of nitrogens with zero attached hydrogens (tertiary/aromatic N) is 1. The number of nitrogens with one attached hydrogen (secondary N) is 3. The van der Waals surface area contributed by atoms with E-state index in [4.69, 9.17) is 0 Å². The molecule has 4 N–H and O–H groups in total. The zero-order valence-electron chi connectivity index (χ0n) is 25.7. The smallest absolute Gasteiger partial charge is 0.352 e. The van der Waals surface area contributed by atoms with E-state index in [-0.39, 0.29) is 41.4 Å². The van der Waals surface area contributed by atoms with E-state index in [9.17, 15) is 14.7 Å². The van der Waals surface area contributed by atoms with E-state index >= 15 is 0 Å². The molecular weight excluding hydrogens is 640 g/mol. The summed E-state index contributed by atoms with van der Waals surface area (Å²) in [6.07, 6.45) is 2.82. The molecular formula is C38H37BrN4O3. The van der Waals surface area contributed by atoms with Gasteiger partial charge in [0.15, 0.2) is 0 Å². The molecule has 8 rings (SSSR count). The largest absolute Gasteiger partial charge is 0.477 e. The number of aromatic carboxylic acids is 1. The van der Waals surface area contributed by atoms with Crippen LogP contribution in [0.3, 0.4) is 0 Å². The molecule has 5 heterocycles. The summed E-state index contributed by atoms with van der Waals surface area (Å²) in [7, 11) is 0. The van der Waals surface area contributed by atoms with Gasteiger partial charge in [0.1, 0.15) is 5.69 Å². The number of carbonyl (C=O) groups excluding carboxylic acids is 1. The van der Waals surface area contributed by atoms with E-state index in [1.807, 2.05) is 24.3 Å². The first-order chi connectivity index (χ1) is 22.4. The van der Waals surface area contributed by atoms with Gasteiger partial charge in [-0.05, 0) is 97.2 Å². The Hall–Kier alpha value is -3.98. The molecule has 0 radical (unpaired) electrons. The van der Waals surface area contributed by atoms with Crippen LogP contribution >= 0.6 is 15.9 Å². The maximum atomic E-state index is 13.7. The Morgan fingerprint density at radius 1 is 0.978 bits per heavy atom. The Bertz CT molecular complexity index is 1900. The van der Waals surface area contributed by atoms with Gasteiger partial charge in [0.05, 0.1) is 0 Å². The van der Waals surface area contributed by atoms with Crippen LogP contribution in [-0.4, -0.2) is 46.5 Å². The van der Waals surface area contributed by atoms with Gasteiger partial charge >= 0.3 is 5.97 Å². The Balaban J connectivity index is 1.32. The van der Waals surface area contributed by atoms with Crippen molar-refractivity contribution in [1.82, 2.24) is 15.2 Å². The van der Waals surface area contributed by atoms with Gasteiger partial charge in [0, 0.05) is 58.1 Å². The maximum absolute atomic E-state index is 13.7. The fraction of sp³-hybridized carbons (Fsp3) is 0.316. The van der Waals surface area contributed by atoms with Crippen LogP contribution in [0.15, 0.2) is 88.9 Å². The lowest BCUT2D eigenvalue weighted by Gasteiger charge is -2.53. The van der Waals surface area contributed by atoms with Gasteiger partial charge in [-0.3, -0.25) is 9.69 Å². The van der Waals surface area contributed by atoms with Gasteiger partial charge in [-0.1, -0.05) is 70.0 Å². The van der Waals surface area contributed by atoms with Crippen molar-refractivity contribution in [2.75, 3.05) is 25.0 Å². The van der Waals surface area contributed by atoms with Gasteiger partial charge in [-0.15, -0.1) is 0 Å². The highest BCUT2D eigenvalue weighted by molar-refractivity contribution is 9.10. The van der Waals surface area contributed by atoms with Crippen LogP contribution in [0.5, 0.6) is 0 Å². The third-order valence-corrected chi connectivity index (χ3v) is 11.4. The van der Waals surface area contributed by atoms with Gasteiger partial charge in [-0.25, -0.2) is 4.79 Å². The average molecular weight is 678 g/mol. The highest BCUT2D eigenvalue weighted by atomic mass is 79.9. The van der Waals surface area contributed by atoms with E-state index in [2.05, 4.69) is 91.9 Å². The second-order valence-electron chi connectivity index (χ2n) is 13.2. The van der Waals surface area contributed by atoms with Crippen molar-refractivity contribution in [3.63, 3.8) is 0 Å². The minimum atomic E-state index is -0.956. The lowest BCUT2D eigenvalue weighted by atomic mass is 9.63. The molecule has 1 saturated heterocycles. The summed E-state index contributed by atoms with van der Waals surface area (Å²) < 4.78 is 0.939. The monoisotopic (exact) mass is 676 g/mol. The number of rotatable bonds is 5. The molecule has 46 heavy (non-hydrogen) atoms. The van der Waals surface area contributed by atoms with Crippen LogP contribution in [0.2, 0.25) is 0 Å². The molecule has 234 valence electrons. The normalized spacial score (nSPS) is 26.4. The van der Waals surface area contributed by atoms with Crippen molar-refractivity contribution in [3.05, 3.63) is 128 Å². The number of anilines is 1. The van der Waals surface area contributed by atoms with E-state index in [1.54, 1.807) is 6.07 Å². The summed E-state index contributed by atoms with van der Waals surface area (Å²) >= 11 is 3.64. The van der Waals surface area contributed by atoms with Crippen molar-refractivity contribution in [1.29, 1.82) is 0 Å². The summed E-state index contributed by atoms with van der Waals surface area (Å²) in [4.78, 5) is 31.8. The van der Waals surface area contributed by atoms with Crippen LogP contribution < -0.4 is 10.6 Å². The lowest BCUT2D eigenvalue weighted by molar-refractivity contribution is -0.110. The molecule has 1 fully saturated rings. The zero-order chi connectivity index (χ0) is 31.5. The fourth-order valence-electron chi connectivity index (χ4n) is 8.84. The van der Waals surface area contributed by atoms with E-state index in [1.165, 1.54) is 22.3 Å². The van der Waals surface area contributed by atoms with Crippen LogP contribution in [0, 0.1) is 11.8 Å². The summed E-state index contributed by atoms with van der Waals surface area (Å²) in [6.45, 7) is 4.80. The quantitative estimate of drug-likeness (QED) is 0.169. The van der Waals surface area contributed by atoms with Crippen molar-refractivity contribution in [2.45, 2.75) is 44.2 Å². The molecule has 4 aliphatic heterocycles. The standard InChI is InChI=1S/C38H37BrN4O3/c1-21(34-28-18-24(39)10-11-30(28)42-37(34)44)29-20-43-17-15-23-7-3-5-9-26(23)36(43)35(31-12-13-32(41-31)38(45)46)27(29)19-33-25-8-4-2-6-22(25)14-16-40-33/h2-13,18,27,29,33,35-36,40-41H,14-17,19-20H2,1H3,(H,42,44)(H,45,46)/t27-,29-,33-,35?,36-/m1/s1. The number of benzene rings is 3.